The number of terminal acetylenes is 1. The molecule has 0 saturated carbocycles. The lowest BCUT2D eigenvalue weighted by Gasteiger charge is -1.94. The van der Waals surface area contributed by atoms with Crippen molar-refractivity contribution in [2.24, 2.45) is 0 Å². The molecule has 0 N–H and O–H groups in total. The quantitative estimate of drug-likeness (QED) is 0.539. The van der Waals surface area contributed by atoms with Crippen molar-refractivity contribution in [3.05, 3.63) is 36.2 Å². The first-order chi connectivity index (χ1) is 5.90. The Balaban J connectivity index is 2.78. The normalized spacial score (nSPS) is 9.58. The topological polar surface area (TPSA) is 25.8 Å². The van der Waals surface area contributed by atoms with E-state index >= 15 is 0 Å². The van der Waals surface area contributed by atoms with Gasteiger partial charge in [-0.3, -0.25) is 0 Å². The predicted molar refractivity (Wildman–Crippen MR) is 47.5 cm³/mol. The van der Waals surface area contributed by atoms with Crippen LogP contribution in [0.1, 0.15) is 5.56 Å². The Morgan fingerprint density at radius 3 is 3.08 bits per heavy atom. The molecule has 0 aromatic carbocycles. The smallest absolute Gasteiger partial charge is 0.159 e. The highest BCUT2D eigenvalue weighted by atomic mass is 14.8. The van der Waals surface area contributed by atoms with Crippen LogP contribution in [0.15, 0.2) is 30.6 Å². The van der Waals surface area contributed by atoms with Gasteiger partial charge in [0.15, 0.2) is 5.65 Å². The van der Waals surface area contributed by atoms with E-state index in [1.807, 2.05) is 18.2 Å². The van der Waals surface area contributed by atoms with Crippen LogP contribution in [0.4, 0.5) is 0 Å². The van der Waals surface area contributed by atoms with Gasteiger partial charge in [0.2, 0.25) is 0 Å². The van der Waals surface area contributed by atoms with Gasteiger partial charge in [-0.05, 0) is 18.2 Å². The lowest BCUT2D eigenvalue weighted by Crippen LogP contribution is -1.83. The average Bonchev–Trinajstić information content (AvgIpc) is 2.17. The van der Waals surface area contributed by atoms with Crippen molar-refractivity contribution < 1.29 is 0 Å². The second-order valence-electron chi connectivity index (χ2n) is 2.42. The van der Waals surface area contributed by atoms with Crippen LogP contribution in [-0.4, -0.2) is 9.97 Å². The number of fused-ring (bicyclic) bond motifs is 1. The zero-order valence-electron chi connectivity index (χ0n) is 6.36. The summed E-state index contributed by atoms with van der Waals surface area (Å²) in [5.41, 5.74) is 1.52. The van der Waals surface area contributed by atoms with Crippen LogP contribution in [0.5, 0.6) is 0 Å². The van der Waals surface area contributed by atoms with Gasteiger partial charge in [0.25, 0.3) is 0 Å². The van der Waals surface area contributed by atoms with Gasteiger partial charge in [-0.2, -0.15) is 0 Å². The van der Waals surface area contributed by atoms with E-state index in [1.165, 1.54) is 0 Å². The van der Waals surface area contributed by atoms with Crippen LogP contribution in [0.2, 0.25) is 0 Å². The first-order valence-corrected chi connectivity index (χ1v) is 3.57. The average molecular weight is 154 g/mol. The maximum absolute atomic E-state index is 5.23. The molecule has 12 heavy (non-hydrogen) atoms. The standard InChI is InChI=1S/C10H6N2/c1-2-8-6-9-4-3-5-11-10(9)12-7-8/h1,3-7H. The highest BCUT2D eigenvalue weighted by Gasteiger charge is 1.94. The summed E-state index contributed by atoms with van der Waals surface area (Å²) in [5, 5.41) is 0.980. The summed E-state index contributed by atoms with van der Waals surface area (Å²) in [7, 11) is 0. The number of pyridine rings is 2. The largest absolute Gasteiger partial charge is 0.237 e. The van der Waals surface area contributed by atoms with E-state index in [2.05, 4.69) is 15.9 Å². The number of aromatic nitrogens is 2. The zero-order chi connectivity index (χ0) is 8.39. The molecule has 0 amide bonds. The summed E-state index contributed by atoms with van der Waals surface area (Å²) in [4.78, 5) is 8.18. The van der Waals surface area contributed by atoms with Gasteiger partial charge < -0.3 is 0 Å². The van der Waals surface area contributed by atoms with E-state index in [0.29, 0.717) is 0 Å². The van der Waals surface area contributed by atoms with Gasteiger partial charge in [-0.1, -0.05) is 5.92 Å². The van der Waals surface area contributed by atoms with Gasteiger partial charge in [0, 0.05) is 23.3 Å². The maximum Gasteiger partial charge on any atom is 0.159 e. The Kier molecular flexibility index (Phi) is 1.49. The molecule has 0 unspecified atom stereocenters. The van der Waals surface area contributed by atoms with Crippen molar-refractivity contribution in [1.82, 2.24) is 9.97 Å². The molecule has 0 aliphatic rings. The third kappa shape index (κ3) is 1.02. The number of nitrogens with zero attached hydrogens (tertiary/aromatic N) is 2. The molecule has 56 valence electrons. The van der Waals surface area contributed by atoms with Gasteiger partial charge in [-0.15, -0.1) is 6.42 Å². The van der Waals surface area contributed by atoms with Crippen LogP contribution in [0.25, 0.3) is 11.0 Å². The lowest BCUT2D eigenvalue weighted by molar-refractivity contribution is 1.28. The minimum absolute atomic E-state index is 0.733. The Morgan fingerprint density at radius 2 is 2.25 bits per heavy atom. The number of hydrogen-bond donors (Lipinski definition) is 0. The molecule has 2 heterocycles. The van der Waals surface area contributed by atoms with Gasteiger partial charge in [0.1, 0.15) is 0 Å². The summed E-state index contributed by atoms with van der Waals surface area (Å²) < 4.78 is 0. The van der Waals surface area contributed by atoms with E-state index < -0.39 is 0 Å². The summed E-state index contributed by atoms with van der Waals surface area (Å²) in [6.07, 6.45) is 8.59. The van der Waals surface area contributed by atoms with Crippen LogP contribution >= 0.6 is 0 Å². The third-order valence-electron chi connectivity index (χ3n) is 1.62. The first kappa shape index (κ1) is 6.81. The fraction of sp³-hybridized carbons (Fsp3) is 0. The Morgan fingerprint density at radius 1 is 1.33 bits per heavy atom. The highest BCUT2D eigenvalue weighted by Crippen LogP contribution is 2.08. The number of hydrogen-bond acceptors (Lipinski definition) is 2. The zero-order valence-corrected chi connectivity index (χ0v) is 6.36. The van der Waals surface area contributed by atoms with Crippen LogP contribution in [0.3, 0.4) is 0 Å². The van der Waals surface area contributed by atoms with Crippen LogP contribution in [0, 0.1) is 12.3 Å². The van der Waals surface area contributed by atoms with Crippen molar-refractivity contribution in [2.75, 3.05) is 0 Å². The molecular formula is C10H6N2. The Hall–Kier alpha value is -1.88. The number of rotatable bonds is 0. The molecule has 0 spiro atoms. The summed E-state index contributed by atoms with van der Waals surface area (Å²) in [5.74, 6) is 2.53. The molecule has 2 heteroatoms. The van der Waals surface area contributed by atoms with E-state index in [9.17, 15) is 0 Å². The Bertz CT molecular complexity index is 455. The lowest BCUT2D eigenvalue weighted by atomic mass is 10.2. The molecule has 2 rings (SSSR count). The van der Waals surface area contributed by atoms with Crippen LogP contribution < -0.4 is 0 Å². The second-order valence-corrected chi connectivity index (χ2v) is 2.42. The summed E-state index contributed by atoms with van der Waals surface area (Å²) >= 11 is 0. The monoisotopic (exact) mass is 154 g/mol. The van der Waals surface area contributed by atoms with E-state index in [0.717, 1.165) is 16.6 Å². The van der Waals surface area contributed by atoms with Crippen molar-refractivity contribution in [3.8, 4) is 12.3 Å². The molecular weight excluding hydrogens is 148 g/mol. The summed E-state index contributed by atoms with van der Waals surface area (Å²) in [6.45, 7) is 0. The predicted octanol–water partition coefficient (Wildman–Crippen LogP) is 1.61. The highest BCUT2D eigenvalue weighted by molar-refractivity contribution is 5.75. The van der Waals surface area contributed by atoms with E-state index in [1.54, 1.807) is 12.4 Å². The molecule has 0 radical (unpaired) electrons. The molecule has 2 aromatic heterocycles. The molecule has 0 bridgehead atoms. The fourth-order valence-electron chi connectivity index (χ4n) is 1.04. The Labute approximate surface area is 70.3 Å². The molecule has 0 saturated heterocycles. The van der Waals surface area contributed by atoms with E-state index in [-0.39, 0.29) is 0 Å². The molecule has 0 atom stereocenters. The molecule has 2 nitrogen and oxygen atoms in total. The molecule has 2 aromatic rings. The van der Waals surface area contributed by atoms with Gasteiger partial charge >= 0.3 is 0 Å². The molecule has 0 aliphatic heterocycles. The minimum atomic E-state index is 0.733. The van der Waals surface area contributed by atoms with Crippen molar-refractivity contribution in [3.63, 3.8) is 0 Å². The van der Waals surface area contributed by atoms with Crippen molar-refractivity contribution >= 4 is 11.0 Å². The second kappa shape index (κ2) is 2.63. The summed E-state index contributed by atoms with van der Waals surface area (Å²) in [6, 6.07) is 5.70. The van der Waals surface area contributed by atoms with Gasteiger partial charge in [0.05, 0.1) is 0 Å². The van der Waals surface area contributed by atoms with E-state index in [4.69, 9.17) is 6.42 Å². The SMILES string of the molecule is C#Cc1cnc2ncccc2c1. The molecule has 0 aliphatic carbocycles. The van der Waals surface area contributed by atoms with Crippen LogP contribution in [-0.2, 0) is 0 Å². The fourth-order valence-corrected chi connectivity index (χ4v) is 1.04. The molecule has 0 fully saturated rings. The minimum Gasteiger partial charge on any atom is -0.237 e. The van der Waals surface area contributed by atoms with Crippen molar-refractivity contribution in [1.29, 1.82) is 0 Å². The van der Waals surface area contributed by atoms with Crippen molar-refractivity contribution in [2.45, 2.75) is 0 Å². The first-order valence-electron chi connectivity index (χ1n) is 3.57. The third-order valence-corrected chi connectivity index (χ3v) is 1.62. The maximum atomic E-state index is 5.23. The van der Waals surface area contributed by atoms with Gasteiger partial charge in [-0.25, -0.2) is 9.97 Å².